The van der Waals surface area contributed by atoms with E-state index in [0.717, 1.165) is 0 Å². The standard InChI is InChI=1S/C12H14N6O3/c1-21-8-4-2-7(3-5-8)15-12(19)16-11-9(6-14-17-11)10(13)18-20/h2-6,20H,1H3,(H2,13,18)(H3,14,15,16,17,19). The van der Waals surface area contributed by atoms with Gasteiger partial charge in [-0.05, 0) is 24.3 Å². The molecule has 9 nitrogen and oxygen atoms in total. The highest BCUT2D eigenvalue weighted by Crippen LogP contribution is 2.16. The molecule has 0 saturated heterocycles. The maximum Gasteiger partial charge on any atom is 0.324 e. The van der Waals surface area contributed by atoms with Crippen molar-refractivity contribution in [1.29, 1.82) is 0 Å². The molecule has 0 saturated carbocycles. The number of oxime groups is 1. The van der Waals surface area contributed by atoms with Gasteiger partial charge >= 0.3 is 6.03 Å². The van der Waals surface area contributed by atoms with Crippen molar-refractivity contribution in [1.82, 2.24) is 10.2 Å². The summed E-state index contributed by atoms with van der Waals surface area (Å²) in [7, 11) is 1.56. The van der Waals surface area contributed by atoms with Gasteiger partial charge in [0, 0.05) is 5.69 Å². The summed E-state index contributed by atoms with van der Waals surface area (Å²) in [6.07, 6.45) is 1.33. The van der Waals surface area contributed by atoms with Crippen LogP contribution in [0.4, 0.5) is 16.3 Å². The molecular formula is C12H14N6O3. The van der Waals surface area contributed by atoms with Gasteiger partial charge in [-0.2, -0.15) is 5.10 Å². The number of aromatic nitrogens is 2. The second kappa shape index (κ2) is 6.28. The molecule has 0 atom stereocenters. The smallest absolute Gasteiger partial charge is 0.324 e. The summed E-state index contributed by atoms with van der Waals surface area (Å²) in [5.41, 5.74) is 6.32. The van der Waals surface area contributed by atoms with E-state index < -0.39 is 6.03 Å². The number of hydrogen-bond donors (Lipinski definition) is 5. The number of carbonyl (C=O) groups is 1. The highest BCUT2D eigenvalue weighted by molar-refractivity contribution is 6.06. The number of amidine groups is 1. The van der Waals surface area contributed by atoms with Gasteiger partial charge in [-0.25, -0.2) is 4.79 Å². The van der Waals surface area contributed by atoms with E-state index in [0.29, 0.717) is 11.4 Å². The van der Waals surface area contributed by atoms with Crippen LogP contribution in [-0.4, -0.2) is 34.4 Å². The lowest BCUT2D eigenvalue weighted by atomic mass is 10.3. The molecule has 0 fully saturated rings. The van der Waals surface area contributed by atoms with Gasteiger partial charge in [0.05, 0.1) is 18.9 Å². The molecule has 21 heavy (non-hydrogen) atoms. The van der Waals surface area contributed by atoms with Gasteiger partial charge in [0.15, 0.2) is 5.84 Å². The van der Waals surface area contributed by atoms with Gasteiger partial charge in [0.2, 0.25) is 0 Å². The third kappa shape index (κ3) is 3.41. The minimum absolute atomic E-state index is 0.163. The van der Waals surface area contributed by atoms with Crippen molar-refractivity contribution in [3.63, 3.8) is 0 Å². The van der Waals surface area contributed by atoms with E-state index in [4.69, 9.17) is 15.7 Å². The molecule has 2 aromatic rings. The van der Waals surface area contributed by atoms with E-state index in [1.165, 1.54) is 6.20 Å². The first-order chi connectivity index (χ1) is 10.1. The predicted octanol–water partition coefficient (Wildman–Crippen LogP) is 1.16. The van der Waals surface area contributed by atoms with Crippen LogP contribution >= 0.6 is 0 Å². The Morgan fingerprint density at radius 3 is 2.71 bits per heavy atom. The van der Waals surface area contributed by atoms with Crippen LogP contribution < -0.4 is 21.1 Å². The van der Waals surface area contributed by atoms with Gasteiger partial charge in [-0.3, -0.25) is 10.4 Å². The van der Waals surface area contributed by atoms with Crippen molar-refractivity contribution >= 4 is 23.4 Å². The Kier molecular flexibility index (Phi) is 4.24. The van der Waals surface area contributed by atoms with Crippen molar-refractivity contribution in [3.05, 3.63) is 36.0 Å². The van der Waals surface area contributed by atoms with E-state index in [1.807, 2.05) is 0 Å². The first-order valence-electron chi connectivity index (χ1n) is 5.87. The Bertz CT molecular complexity index is 649. The number of rotatable bonds is 4. The Labute approximate surface area is 119 Å². The molecule has 0 spiro atoms. The molecule has 0 aliphatic rings. The zero-order chi connectivity index (χ0) is 15.2. The van der Waals surface area contributed by atoms with Gasteiger partial charge in [0.25, 0.3) is 0 Å². The average molecular weight is 290 g/mol. The molecule has 1 aromatic heterocycles. The zero-order valence-electron chi connectivity index (χ0n) is 11.1. The number of anilines is 2. The normalized spacial score (nSPS) is 11.0. The Balaban J connectivity index is 2.03. The summed E-state index contributed by atoms with van der Waals surface area (Å²) >= 11 is 0. The summed E-state index contributed by atoms with van der Waals surface area (Å²) in [6.45, 7) is 0. The molecule has 0 bridgehead atoms. The number of methoxy groups -OCH3 is 1. The number of urea groups is 1. The summed E-state index contributed by atoms with van der Waals surface area (Å²) in [5, 5.41) is 22.9. The van der Waals surface area contributed by atoms with Crippen LogP contribution in [0.5, 0.6) is 5.75 Å². The van der Waals surface area contributed by atoms with Crippen LogP contribution in [0.1, 0.15) is 5.56 Å². The Hall–Kier alpha value is -3.23. The minimum Gasteiger partial charge on any atom is -0.497 e. The number of nitrogens with two attached hydrogens (primary N) is 1. The van der Waals surface area contributed by atoms with E-state index >= 15 is 0 Å². The van der Waals surface area contributed by atoms with Crippen molar-refractivity contribution in [2.45, 2.75) is 0 Å². The Morgan fingerprint density at radius 2 is 2.10 bits per heavy atom. The second-order valence-electron chi connectivity index (χ2n) is 3.95. The van der Waals surface area contributed by atoms with Gasteiger partial charge in [-0.15, -0.1) is 0 Å². The van der Waals surface area contributed by atoms with Crippen molar-refractivity contribution in [3.8, 4) is 5.75 Å². The molecule has 2 amide bonds. The van der Waals surface area contributed by atoms with Crippen molar-refractivity contribution in [2.75, 3.05) is 17.7 Å². The van der Waals surface area contributed by atoms with Crippen LogP contribution in [0, 0.1) is 0 Å². The van der Waals surface area contributed by atoms with Crippen LogP contribution in [0.3, 0.4) is 0 Å². The number of nitrogens with one attached hydrogen (secondary N) is 3. The summed E-state index contributed by atoms with van der Waals surface area (Å²) in [4.78, 5) is 11.9. The number of nitrogens with zero attached hydrogens (tertiary/aromatic N) is 2. The molecule has 2 rings (SSSR count). The average Bonchev–Trinajstić information content (AvgIpc) is 2.95. The van der Waals surface area contributed by atoms with E-state index in [2.05, 4.69) is 26.0 Å². The molecule has 0 radical (unpaired) electrons. The number of hydrogen-bond acceptors (Lipinski definition) is 5. The maximum atomic E-state index is 11.9. The number of aromatic amines is 1. The number of amides is 2. The lowest BCUT2D eigenvalue weighted by Gasteiger charge is -2.08. The fourth-order valence-electron chi connectivity index (χ4n) is 1.58. The van der Waals surface area contributed by atoms with Crippen LogP contribution in [-0.2, 0) is 0 Å². The Morgan fingerprint density at radius 1 is 1.38 bits per heavy atom. The second-order valence-corrected chi connectivity index (χ2v) is 3.95. The van der Waals surface area contributed by atoms with E-state index in [9.17, 15) is 4.79 Å². The molecule has 6 N–H and O–H groups in total. The third-order valence-electron chi connectivity index (χ3n) is 2.61. The fraction of sp³-hybridized carbons (Fsp3) is 0.0833. The lowest BCUT2D eigenvalue weighted by Crippen LogP contribution is -2.22. The summed E-state index contributed by atoms with van der Waals surface area (Å²) in [5.74, 6) is 0.739. The highest BCUT2D eigenvalue weighted by Gasteiger charge is 2.12. The highest BCUT2D eigenvalue weighted by atomic mass is 16.5. The SMILES string of the molecule is COc1ccc(NC(=O)Nc2[nH]ncc2C(N)=NO)cc1. The molecular weight excluding hydrogens is 276 g/mol. The maximum absolute atomic E-state index is 11.9. The van der Waals surface area contributed by atoms with Gasteiger partial charge < -0.3 is 21.0 Å². The third-order valence-corrected chi connectivity index (χ3v) is 2.61. The molecule has 110 valence electrons. The predicted molar refractivity (Wildman–Crippen MR) is 76.7 cm³/mol. The molecule has 1 aromatic carbocycles. The number of H-pyrrole nitrogens is 1. The van der Waals surface area contributed by atoms with Crippen molar-refractivity contribution in [2.24, 2.45) is 10.9 Å². The fourth-order valence-corrected chi connectivity index (χ4v) is 1.58. The molecule has 9 heteroatoms. The van der Waals surface area contributed by atoms with Crippen LogP contribution in [0.15, 0.2) is 35.6 Å². The topological polar surface area (TPSA) is 138 Å². The molecule has 0 aliphatic heterocycles. The lowest BCUT2D eigenvalue weighted by molar-refractivity contribution is 0.262. The quantitative estimate of drug-likeness (QED) is 0.249. The van der Waals surface area contributed by atoms with E-state index in [1.54, 1.807) is 31.4 Å². The largest absolute Gasteiger partial charge is 0.497 e. The minimum atomic E-state index is -0.503. The first-order valence-corrected chi connectivity index (χ1v) is 5.87. The van der Waals surface area contributed by atoms with Crippen LogP contribution in [0.2, 0.25) is 0 Å². The zero-order valence-corrected chi connectivity index (χ0v) is 11.1. The molecule has 0 aliphatic carbocycles. The molecule has 1 heterocycles. The first kappa shape index (κ1) is 14.2. The number of ether oxygens (including phenoxy) is 1. The number of carbonyl (C=O) groups excluding carboxylic acids is 1. The number of benzene rings is 1. The monoisotopic (exact) mass is 290 g/mol. The van der Waals surface area contributed by atoms with Gasteiger partial charge in [0.1, 0.15) is 11.6 Å². The molecule has 0 unspecified atom stereocenters. The van der Waals surface area contributed by atoms with Crippen LogP contribution in [0.25, 0.3) is 0 Å². The summed E-state index contributed by atoms with van der Waals surface area (Å²) < 4.78 is 5.02. The van der Waals surface area contributed by atoms with E-state index in [-0.39, 0.29) is 17.2 Å². The van der Waals surface area contributed by atoms with Crippen molar-refractivity contribution < 1.29 is 14.7 Å². The van der Waals surface area contributed by atoms with Gasteiger partial charge in [-0.1, -0.05) is 5.16 Å². The summed E-state index contributed by atoms with van der Waals surface area (Å²) in [6, 6.07) is 6.31.